The maximum atomic E-state index is 13.7. The minimum atomic E-state index is -0.656. The molecule has 0 radical (unpaired) electrons. The van der Waals surface area contributed by atoms with Crippen LogP contribution in [0.25, 0.3) is 0 Å². The third-order valence-electron chi connectivity index (χ3n) is 5.81. The minimum absolute atomic E-state index is 0.0307. The maximum Gasteiger partial charge on any atom is 0.316 e. The lowest BCUT2D eigenvalue weighted by Crippen LogP contribution is -2.23. The predicted octanol–water partition coefficient (Wildman–Crippen LogP) is 7.22. The molecule has 1 atom stereocenters. The van der Waals surface area contributed by atoms with E-state index in [0.717, 1.165) is 28.7 Å². The van der Waals surface area contributed by atoms with E-state index in [2.05, 4.69) is 32.6 Å². The topological polar surface area (TPSA) is 43.4 Å². The van der Waals surface area contributed by atoms with Crippen LogP contribution in [-0.2, 0) is 20.7 Å². The normalized spacial score (nSPS) is 18.1. The summed E-state index contributed by atoms with van der Waals surface area (Å²) in [6, 6.07) is 8.22. The van der Waals surface area contributed by atoms with Crippen LogP contribution in [0.5, 0.6) is 0 Å². The Morgan fingerprint density at radius 1 is 1.22 bits per heavy atom. The van der Waals surface area contributed by atoms with Crippen LogP contribution in [0.2, 0.25) is 0 Å². The lowest BCUT2D eigenvalue weighted by molar-refractivity contribution is -0.148. The summed E-state index contributed by atoms with van der Waals surface area (Å²) in [7, 11) is 0. The van der Waals surface area contributed by atoms with Crippen LogP contribution >= 0.6 is 0 Å². The van der Waals surface area contributed by atoms with E-state index < -0.39 is 5.41 Å². The van der Waals surface area contributed by atoms with Gasteiger partial charge in [-0.25, -0.2) is 0 Å². The van der Waals surface area contributed by atoms with Crippen LogP contribution in [0, 0.1) is 18.3 Å². The second-order valence-corrected chi connectivity index (χ2v) is 10.1. The van der Waals surface area contributed by atoms with Gasteiger partial charge in [-0.2, -0.15) is 0 Å². The van der Waals surface area contributed by atoms with Crippen LogP contribution in [0.3, 0.4) is 0 Å². The zero-order valence-electron chi connectivity index (χ0n) is 21.0. The van der Waals surface area contributed by atoms with Gasteiger partial charge in [0, 0.05) is 12.3 Å². The van der Waals surface area contributed by atoms with Crippen LogP contribution < -0.4 is 0 Å². The predicted molar refractivity (Wildman–Crippen MR) is 132 cm³/mol. The molecule has 0 heterocycles. The average Bonchev–Trinajstić information content (AvgIpc) is 2.96. The van der Waals surface area contributed by atoms with Crippen molar-refractivity contribution in [2.24, 2.45) is 11.3 Å². The van der Waals surface area contributed by atoms with Crippen molar-refractivity contribution >= 4 is 11.8 Å². The van der Waals surface area contributed by atoms with Crippen molar-refractivity contribution in [2.75, 3.05) is 0 Å². The molecule has 2 rings (SSSR count). The Balaban J connectivity index is 2.57. The first-order chi connectivity index (χ1) is 14.8. The van der Waals surface area contributed by atoms with Gasteiger partial charge in [-0.1, -0.05) is 55.0 Å². The molecule has 1 aromatic rings. The minimum Gasteiger partial charge on any atom is -0.430 e. The monoisotopic (exact) mass is 434 g/mol. The van der Waals surface area contributed by atoms with Gasteiger partial charge >= 0.3 is 5.97 Å². The number of ether oxygens (including phenoxy) is 1. The lowest BCUT2D eigenvalue weighted by atomic mass is 9.88. The third kappa shape index (κ3) is 6.18. The molecular formula is C29H38O3. The second kappa shape index (κ2) is 10.3. The van der Waals surface area contributed by atoms with Gasteiger partial charge in [0.2, 0.25) is 0 Å². The highest BCUT2D eigenvalue weighted by Gasteiger charge is 2.39. The van der Waals surface area contributed by atoms with Crippen LogP contribution in [0.4, 0.5) is 0 Å². The number of hydrogen-bond acceptors (Lipinski definition) is 3. The Morgan fingerprint density at radius 3 is 2.41 bits per heavy atom. The summed E-state index contributed by atoms with van der Waals surface area (Å²) in [5, 5.41) is 0. The molecule has 3 heteroatoms. The second-order valence-electron chi connectivity index (χ2n) is 10.1. The number of ketones is 1. The third-order valence-corrected chi connectivity index (χ3v) is 5.81. The molecule has 0 amide bonds. The van der Waals surface area contributed by atoms with Gasteiger partial charge in [0.05, 0.1) is 11.0 Å². The van der Waals surface area contributed by atoms with E-state index in [1.807, 2.05) is 59.7 Å². The van der Waals surface area contributed by atoms with Crippen molar-refractivity contribution in [3.05, 3.63) is 81.7 Å². The molecular weight excluding hydrogens is 396 g/mol. The first kappa shape index (κ1) is 25.6. The molecule has 0 N–H and O–H groups in total. The quantitative estimate of drug-likeness (QED) is 0.336. The Hall–Kier alpha value is -2.68. The SMILES string of the molecule is C=C(C)C(=C(C)C=C(C)CC)C1=C(OC(=O)C(C)(C)C)CC(Cc2cccc(C)c2)C1=O. The first-order valence-electron chi connectivity index (χ1n) is 11.4. The van der Waals surface area contributed by atoms with E-state index in [4.69, 9.17) is 4.74 Å². The molecule has 1 aromatic carbocycles. The van der Waals surface area contributed by atoms with Gasteiger partial charge in [-0.05, 0) is 83.6 Å². The number of aryl methyl sites for hydroxylation is 1. The fourth-order valence-electron chi connectivity index (χ4n) is 3.96. The highest BCUT2D eigenvalue weighted by atomic mass is 16.5. The summed E-state index contributed by atoms with van der Waals surface area (Å²) in [4.78, 5) is 26.4. The van der Waals surface area contributed by atoms with Gasteiger partial charge in [0.1, 0.15) is 5.76 Å². The van der Waals surface area contributed by atoms with Gasteiger partial charge in [0.15, 0.2) is 5.78 Å². The van der Waals surface area contributed by atoms with Crippen LogP contribution in [-0.4, -0.2) is 11.8 Å². The number of hydrogen-bond donors (Lipinski definition) is 0. The summed E-state index contributed by atoms with van der Waals surface area (Å²) in [5.41, 5.74) is 5.93. The smallest absolute Gasteiger partial charge is 0.316 e. The summed E-state index contributed by atoms with van der Waals surface area (Å²) < 4.78 is 5.89. The van der Waals surface area contributed by atoms with Gasteiger partial charge in [-0.15, -0.1) is 0 Å². The van der Waals surface area contributed by atoms with E-state index in [-0.39, 0.29) is 17.7 Å². The van der Waals surface area contributed by atoms with Crippen molar-refractivity contribution in [3.8, 4) is 0 Å². The van der Waals surface area contributed by atoms with E-state index in [1.165, 1.54) is 11.1 Å². The molecule has 0 aromatic heterocycles. The highest BCUT2D eigenvalue weighted by Crippen LogP contribution is 2.40. The van der Waals surface area contributed by atoms with E-state index >= 15 is 0 Å². The Morgan fingerprint density at radius 2 is 1.88 bits per heavy atom. The summed E-state index contributed by atoms with van der Waals surface area (Å²) >= 11 is 0. The number of benzene rings is 1. The summed E-state index contributed by atoms with van der Waals surface area (Å²) in [6.45, 7) is 19.8. The molecule has 0 bridgehead atoms. The van der Waals surface area contributed by atoms with Crippen molar-refractivity contribution < 1.29 is 14.3 Å². The average molecular weight is 435 g/mol. The van der Waals surface area contributed by atoms with Gasteiger partial charge in [-0.3, -0.25) is 9.59 Å². The molecule has 0 aliphatic heterocycles. The number of carbonyl (C=O) groups is 2. The fourth-order valence-corrected chi connectivity index (χ4v) is 3.96. The van der Waals surface area contributed by atoms with Crippen molar-refractivity contribution in [1.29, 1.82) is 0 Å². The number of esters is 1. The standard InChI is InChI=1S/C29H38O3/c1-10-19(4)14-21(6)25(18(2)3)26-24(32-28(31)29(7,8)9)17-23(27(26)30)16-22-13-11-12-20(5)15-22/h11-15,23H,2,10,16-17H2,1,3-9H3. The largest absolute Gasteiger partial charge is 0.430 e. The number of allylic oxidation sites excluding steroid dienone is 7. The maximum absolute atomic E-state index is 13.7. The van der Waals surface area contributed by atoms with E-state index in [9.17, 15) is 9.59 Å². The molecule has 0 saturated heterocycles. The zero-order valence-corrected chi connectivity index (χ0v) is 21.0. The highest BCUT2D eigenvalue weighted by molar-refractivity contribution is 6.06. The molecule has 1 aliphatic carbocycles. The van der Waals surface area contributed by atoms with Crippen LogP contribution in [0.15, 0.2) is 70.5 Å². The zero-order chi connectivity index (χ0) is 24.2. The van der Waals surface area contributed by atoms with Gasteiger partial charge < -0.3 is 4.74 Å². The Kier molecular flexibility index (Phi) is 8.23. The molecule has 0 spiro atoms. The Bertz CT molecular complexity index is 1010. The molecule has 0 saturated carbocycles. The first-order valence-corrected chi connectivity index (χ1v) is 11.4. The summed E-state index contributed by atoms with van der Waals surface area (Å²) in [6.07, 6.45) is 4.06. The van der Waals surface area contributed by atoms with E-state index in [0.29, 0.717) is 24.2 Å². The molecule has 0 fully saturated rings. The number of carbonyl (C=O) groups excluding carboxylic acids is 2. The molecule has 32 heavy (non-hydrogen) atoms. The lowest BCUT2D eigenvalue weighted by Gasteiger charge is -2.19. The molecule has 172 valence electrons. The van der Waals surface area contributed by atoms with Crippen LogP contribution in [0.1, 0.15) is 72.4 Å². The van der Waals surface area contributed by atoms with Crippen molar-refractivity contribution in [2.45, 2.75) is 74.7 Å². The van der Waals surface area contributed by atoms with Crippen molar-refractivity contribution in [1.82, 2.24) is 0 Å². The number of rotatable bonds is 7. The summed E-state index contributed by atoms with van der Waals surface area (Å²) in [5.74, 6) is -0.0726. The van der Waals surface area contributed by atoms with Crippen molar-refractivity contribution in [3.63, 3.8) is 0 Å². The number of Topliss-reactive ketones (excluding diaryl/α,β-unsaturated/α-hetero) is 1. The molecule has 1 aliphatic rings. The molecule has 3 nitrogen and oxygen atoms in total. The Labute approximate surface area is 193 Å². The van der Waals surface area contributed by atoms with Gasteiger partial charge in [0.25, 0.3) is 0 Å². The molecule has 1 unspecified atom stereocenters. The van der Waals surface area contributed by atoms with E-state index in [1.54, 1.807) is 0 Å². The fraction of sp³-hybridized carbons (Fsp3) is 0.448.